The number of pyridine rings is 1. The SMILES string of the molecule is O=C1C[C@H](c2ccccc2)Cc2[nH]c(=O)c(-c3nc(-c4ccc5c(c4)OCO5)cs3)cc21. The third-order valence-electron chi connectivity index (χ3n) is 5.98. The van der Waals surface area contributed by atoms with Gasteiger partial charge in [0.1, 0.15) is 5.01 Å². The maximum absolute atomic E-state index is 12.9. The van der Waals surface area contributed by atoms with Gasteiger partial charge in [0.2, 0.25) is 6.79 Å². The van der Waals surface area contributed by atoms with Gasteiger partial charge in [0.25, 0.3) is 5.56 Å². The molecule has 6 nitrogen and oxygen atoms in total. The Balaban J connectivity index is 1.34. The van der Waals surface area contributed by atoms with E-state index < -0.39 is 0 Å². The van der Waals surface area contributed by atoms with Gasteiger partial charge in [-0.2, -0.15) is 0 Å². The summed E-state index contributed by atoms with van der Waals surface area (Å²) >= 11 is 1.38. The number of rotatable bonds is 3. The van der Waals surface area contributed by atoms with Crippen LogP contribution in [0.2, 0.25) is 0 Å². The zero-order chi connectivity index (χ0) is 21.7. The summed E-state index contributed by atoms with van der Waals surface area (Å²) in [4.78, 5) is 33.5. The first-order valence-corrected chi connectivity index (χ1v) is 11.2. The van der Waals surface area contributed by atoms with Crippen LogP contribution in [0.1, 0.15) is 34.0 Å². The van der Waals surface area contributed by atoms with Gasteiger partial charge in [0, 0.05) is 28.6 Å². The molecule has 1 aliphatic carbocycles. The molecule has 0 saturated carbocycles. The smallest absolute Gasteiger partial charge is 0.258 e. The molecule has 0 amide bonds. The summed E-state index contributed by atoms with van der Waals surface area (Å²) in [5.41, 5.74) is 4.24. The number of carbonyl (C=O) groups excluding carboxylic acids is 1. The lowest BCUT2D eigenvalue weighted by atomic mass is 9.81. The van der Waals surface area contributed by atoms with Crippen molar-refractivity contribution in [1.29, 1.82) is 0 Å². The lowest BCUT2D eigenvalue weighted by Crippen LogP contribution is -2.24. The first-order chi connectivity index (χ1) is 15.7. The predicted octanol–water partition coefficient (Wildman–Crippen LogP) is 4.81. The summed E-state index contributed by atoms with van der Waals surface area (Å²) in [6, 6.07) is 17.3. The first-order valence-electron chi connectivity index (χ1n) is 10.4. The van der Waals surface area contributed by atoms with Gasteiger partial charge in [0.05, 0.1) is 11.3 Å². The highest BCUT2D eigenvalue weighted by atomic mass is 32.1. The molecule has 1 atom stereocenters. The van der Waals surface area contributed by atoms with Gasteiger partial charge in [-0.25, -0.2) is 4.98 Å². The molecule has 158 valence electrons. The Bertz CT molecular complexity index is 1410. The third-order valence-corrected chi connectivity index (χ3v) is 6.86. The minimum atomic E-state index is -0.225. The monoisotopic (exact) mass is 442 g/mol. The number of benzene rings is 2. The van der Waals surface area contributed by atoms with Crippen LogP contribution in [0.5, 0.6) is 11.5 Å². The summed E-state index contributed by atoms with van der Waals surface area (Å²) in [6.45, 7) is 0.213. The summed E-state index contributed by atoms with van der Waals surface area (Å²) in [5, 5.41) is 2.48. The van der Waals surface area contributed by atoms with Crippen LogP contribution in [-0.2, 0) is 6.42 Å². The van der Waals surface area contributed by atoms with E-state index >= 15 is 0 Å². The standard InChI is InChI=1S/C25H18N2O4S/c28-21-9-16(14-4-2-1-3-5-14)8-19-17(21)11-18(24(29)26-19)25-27-20(12-32-25)15-6-7-22-23(10-15)31-13-30-22/h1-7,10-12,16H,8-9,13H2,(H,26,29)/t16-/m1/s1. The van der Waals surface area contributed by atoms with Gasteiger partial charge in [0.15, 0.2) is 17.3 Å². The topological polar surface area (TPSA) is 81.3 Å². The number of aromatic amines is 1. The van der Waals surface area contributed by atoms with E-state index in [0.29, 0.717) is 46.2 Å². The Morgan fingerprint density at radius 2 is 1.78 bits per heavy atom. The number of H-pyrrole nitrogens is 1. The predicted molar refractivity (Wildman–Crippen MR) is 122 cm³/mol. The lowest BCUT2D eigenvalue weighted by molar-refractivity contribution is 0.0963. The Labute approximate surface area is 187 Å². The number of ketones is 1. The number of Topliss-reactive ketones (excluding diaryl/α,β-unsaturated/α-hetero) is 1. The molecule has 0 unspecified atom stereocenters. The summed E-state index contributed by atoms with van der Waals surface area (Å²) < 4.78 is 10.8. The minimum Gasteiger partial charge on any atom is -0.454 e. The van der Waals surface area contributed by atoms with Crippen LogP contribution in [0, 0.1) is 0 Å². The van der Waals surface area contributed by atoms with Crippen molar-refractivity contribution in [3.05, 3.63) is 87.2 Å². The molecule has 2 aromatic carbocycles. The van der Waals surface area contributed by atoms with E-state index in [2.05, 4.69) is 9.97 Å². The highest BCUT2D eigenvalue weighted by Gasteiger charge is 2.28. The zero-order valence-corrected chi connectivity index (χ0v) is 17.8. The van der Waals surface area contributed by atoms with Crippen LogP contribution in [-0.4, -0.2) is 22.5 Å². The van der Waals surface area contributed by atoms with Crippen molar-refractivity contribution < 1.29 is 14.3 Å². The minimum absolute atomic E-state index is 0.0464. The molecule has 2 aliphatic rings. The number of hydrogen-bond donors (Lipinski definition) is 1. The van der Waals surface area contributed by atoms with Crippen LogP contribution in [0.3, 0.4) is 0 Å². The number of ether oxygens (including phenoxy) is 2. The van der Waals surface area contributed by atoms with Crippen LogP contribution in [0.25, 0.3) is 21.8 Å². The lowest BCUT2D eigenvalue weighted by Gasteiger charge is -2.24. The Morgan fingerprint density at radius 1 is 0.938 bits per heavy atom. The molecule has 6 rings (SSSR count). The van der Waals surface area contributed by atoms with Gasteiger partial charge in [-0.1, -0.05) is 30.3 Å². The van der Waals surface area contributed by atoms with Crippen molar-refractivity contribution in [3.8, 4) is 33.3 Å². The molecule has 32 heavy (non-hydrogen) atoms. The van der Waals surface area contributed by atoms with Crippen LogP contribution >= 0.6 is 11.3 Å². The van der Waals surface area contributed by atoms with Crippen LogP contribution in [0.4, 0.5) is 0 Å². The fraction of sp³-hybridized carbons (Fsp3) is 0.160. The largest absolute Gasteiger partial charge is 0.454 e. The molecule has 3 heterocycles. The van der Waals surface area contributed by atoms with Crippen molar-refractivity contribution in [1.82, 2.24) is 9.97 Å². The van der Waals surface area contributed by atoms with Gasteiger partial charge in [-0.05, 0) is 42.2 Å². The summed E-state index contributed by atoms with van der Waals surface area (Å²) in [6.07, 6.45) is 1.07. The molecular weight excluding hydrogens is 424 g/mol. The van der Waals surface area contributed by atoms with Crippen molar-refractivity contribution in [3.63, 3.8) is 0 Å². The normalized spacial score (nSPS) is 16.8. The van der Waals surface area contributed by atoms with E-state index in [9.17, 15) is 9.59 Å². The van der Waals surface area contributed by atoms with E-state index in [4.69, 9.17) is 9.47 Å². The van der Waals surface area contributed by atoms with Gasteiger partial charge in [-0.15, -0.1) is 11.3 Å². The Hall–Kier alpha value is -3.71. The highest BCUT2D eigenvalue weighted by Crippen LogP contribution is 2.37. The van der Waals surface area contributed by atoms with Crippen molar-refractivity contribution >= 4 is 17.1 Å². The average molecular weight is 442 g/mol. The fourth-order valence-corrected chi connectivity index (χ4v) is 5.18. The summed E-state index contributed by atoms with van der Waals surface area (Å²) in [5.74, 6) is 1.52. The molecule has 0 spiro atoms. The van der Waals surface area contributed by atoms with Gasteiger partial charge >= 0.3 is 0 Å². The molecule has 4 aromatic rings. The molecule has 0 bridgehead atoms. The van der Waals surface area contributed by atoms with Crippen molar-refractivity contribution in [2.45, 2.75) is 18.8 Å². The number of nitrogens with zero attached hydrogens (tertiary/aromatic N) is 1. The average Bonchev–Trinajstić information content (AvgIpc) is 3.48. The second-order valence-corrected chi connectivity index (χ2v) is 8.81. The maximum Gasteiger partial charge on any atom is 0.258 e. The zero-order valence-electron chi connectivity index (χ0n) is 17.0. The quantitative estimate of drug-likeness (QED) is 0.493. The second kappa shape index (κ2) is 7.46. The number of hydrogen-bond acceptors (Lipinski definition) is 6. The highest BCUT2D eigenvalue weighted by molar-refractivity contribution is 7.13. The Morgan fingerprint density at radius 3 is 2.66 bits per heavy atom. The summed E-state index contributed by atoms with van der Waals surface area (Å²) in [7, 11) is 0. The number of nitrogens with one attached hydrogen (secondary N) is 1. The molecule has 1 N–H and O–H groups in total. The molecule has 2 aromatic heterocycles. The van der Waals surface area contributed by atoms with Gasteiger partial charge < -0.3 is 14.5 Å². The van der Waals surface area contributed by atoms with E-state index in [1.165, 1.54) is 11.3 Å². The van der Waals surface area contributed by atoms with E-state index in [0.717, 1.165) is 16.8 Å². The number of carbonyl (C=O) groups is 1. The molecule has 1 aliphatic heterocycles. The molecular formula is C25H18N2O4S. The van der Waals surface area contributed by atoms with E-state index in [-0.39, 0.29) is 24.1 Å². The van der Waals surface area contributed by atoms with Crippen LogP contribution < -0.4 is 15.0 Å². The maximum atomic E-state index is 12.9. The first kappa shape index (κ1) is 19.0. The molecule has 0 fully saturated rings. The molecule has 7 heteroatoms. The van der Waals surface area contributed by atoms with Crippen LogP contribution in [0.15, 0.2) is 64.8 Å². The van der Waals surface area contributed by atoms with Gasteiger partial charge in [-0.3, -0.25) is 9.59 Å². The third kappa shape index (κ3) is 3.22. The van der Waals surface area contributed by atoms with Crippen molar-refractivity contribution in [2.24, 2.45) is 0 Å². The molecule has 0 saturated heterocycles. The van der Waals surface area contributed by atoms with E-state index in [1.807, 2.05) is 53.9 Å². The number of aromatic nitrogens is 2. The van der Waals surface area contributed by atoms with E-state index in [1.54, 1.807) is 6.07 Å². The fourth-order valence-electron chi connectivity index (χ4n) is 4.34. The number of fused-ring (bicyclic) bond motifs is 2. The number of thiazole rings is 1. The second-order valence-electron chi connectivity index (χ2n) is 7.95. The molecule has 0 radical (unpaired) electrons. The Kier molecular flexibility index (Phi) is 4.43. The van der Waals surface area contributed by atoms with Crippen molar-refractivity contribution in [2.75, 3.05) is 6.79 Å².